The van der Waals surface area contributed by atoms with Crippen molar-refractivity contribution in [2.24, 2.45) is 0 Å². The van der Waals surface area contributed by atoms with Crippen LogP contribution < -0.4 is 15.0 Å². The maximum absolute atomic E-state index is 14.9. The summed E-state index contributed by atoms with van der Waals surface area (Å²) < 4.78 is 40.8. The Bertz CT molecular complexity index is 1600. The van der Waals surface area contributed by atoms with Gasteiger partial charge in [-0.05, 0) is 56.3 Å². The second-order valence-electron chi connectivity index (χ2n) is 11.9. The molecule has 3 aliphatic heterocycles. The van der Waals surface area contributed by atoms with E-state index in [4.69, 9.17) is 9.47 Å². The molecule has 3 aliphatic rings. The molecule has 14 heteroatoms. The second-order valence-corrected chi connectivity index (χ2v) is 11.9. The van der Waals surface area contributed by atoms with Crippen LogP contribution in [-0.2, 0) is 9.53 Å². The zero-order chi connectivity index (χ0) is 32.4. The Hall–Kier alpha value is -4.45. The SMILES string of the molecule is C[C@@H]1CN(c2ccc(Nc3ncnc(-c4ccc(OC5CCN(C(=O)[C@@H](C)O)CC5(F)F)c(C#N)c4)n3)cc2)CCN1C1COC1. The monoisotopic (exact) mass is 634 g/mol. The number of piperazine rings is 1. The van der Waals surface area contributed by atoms with E-state index in [0.29, 0.717) is 23.6 Å². The maximum atomic E-state index is 14.9. The van der Waals surface area contributed by atoms with Crippen molar-refractivity contribution < 1.29 is 28.2 Å². The van der Waals surface area contributed by atoms with Gasteiger partial charge in [0.25, 0.3) is 5.91 Å². The molecular weight excluding hydrogens is 598 g/mol. The first kappa shape index (κ1) is 31.5. The highest BCUT2D eigenvalue weighted by molar-refractivity contribution is 5.80. The van der Waals surface area contributed by atoms with Crippen LogP contribution in [0.1, 0.15) is 25.8 Å². The fourth-order valence-corrected chi connectivity index (χ4v) is 6.07. The third-order valence-corrected chi connectivity index (χ3v) is 8.66. The van der Waals surface area contributed by atoms with Gasteiger partial charge >= 0.3 is 5.92 Å². The number of alkyl halides is 2. The number of amides is 1. The summed E-state index contributed by atoms with van der Waals surface area (Å²) in [5, 5.41) is 22.5. The number of aromatic nitrogens is 3. The molecule has 6 rings (SSSR count). The number of benzene rings is 2. The fraction of sp³-hybridized carbons (Fsp3) is 0.469. The normalized spacial score (nSPS) is 22.4. The highest BCUT2D eigenvalue weighted by Gasteiger charge is 2.48. The molecule has 0 saturated carbocycles. The number of hydrogen-bond acceptors (Lipinski definition) is 11. The zero-order valence-electron chi connectivity index (χ0n) is 25.6. The number of rotatable bonds is 8. The molecule has 3 fully saturated rings. The number of likely N-dealkylation sites (tertiary alicyclic amines) is 1. The number of nitriles is 1. The molecule has 242 valence electrons. The van der Waals surface area contributed by atoms with Crippen LogP contribution in [0.15, 0.2) is 48.8 Å². The standard InChI is InChI=1S/C32H36F2N8O4/c1-20-15-40(11-12-42(20)26-16-45-17-26)25-6-4-24(5-7-25)38-31-37-19-36-29(39-31)22-3-8-27(23(13-22)14-35)46-28-9-10-41(18-32(28,33)34)30(44)21(2)43/h3-8,13,19-21,26,28,43H,9-12,15-18H2,1-2H3,(H,36,37,38,39)/t20-,21-,28?/m1/s1. The van der Waals surface area contributed by atoms with Crippen LogP contribution in [0.5, 0.6) is 5.75 Å². The number of carbonyl (C=O) groups excluding carboxylic acids is 1. The largest absolute Gasteiger partial charge is 0.483 e. The summed E-state index contributed by atoms with van der Waals surface area (Å²) in [6.45, 7) is 7.16. The minimum Gasteiger partial charge on any atom is -0.483 e. The Kier molecular flexibility index (Phi) is 8.99. The lowest BCUT2D eigenvalue weighted by molar-refractivity contribution is -0.165. The van der Waals surface area contributed by atoms with Crippen LogP contribution in [-0.4, -0.2) is 112 Å². The molecule has 12 nitrogen and oxygen atoms in total. The summed E-state index contributed by atoms with van der Waals surface area (Å²) in [7, 11) is 0. The summed E-state index contributed by atoms with van der Waals surface area (Å²) in [6, 6.07) is 15.6. The molecule has 3 atom stereocenters. The van der Waals surface area contributed by atoms with E-state index in [-0.39, 0.29) is 30.1 Å². The van der Waals surface area contributed by atoms with Crippen LogP contribution in [0.3, 0.4) is 0 Å². The van der Waals surface area contributed by atoms with E-state index in [2.05, 4.69) is 49.1 Å². The average molecular weight is 635 g/mol. The van der Waals surface area contributed by atoms with E-state index in [1.807, 2.05) is 18.2 Å². The van der Waals surface area contributed by atoms with Gasteiger partial charge in [-0.3, -0.25) is 9.69 Å². The number of piperidine rings is 1. The van der Waals surface area contributed by atoms with E-state index in [1.165, 1.54) is 25.4 Å². The van der Waals surface area contributed by atoms with Gasteiger partial charge in [0.15, 0.2) is 11.9 Å². The molecule has 4 heterocycles. The van der Waals surface area contributed by atoms with Gasteiger partial charge in [-0.25, -0.2) is 18.7 Å². The molecule has 1 unspecified atom stereocenters. The van der Waals surface area contributed by atoms with Gasteiger partial charge in [-0.1, -0.05) is 0 Å². The lowest BCUT2D eigenvalue weighted by Gasteiger charge is -2.47. The minimum atomic E-state index is -3.38. The van der Waals surface area contributed by atoms with Gasteiger partial charge in [-0.2, -0.15) is 10.2 Å². The number of nitrogens with zero attached hydrogens (tertiary/aromatic N) is 7. The lowest BCUT2D eigenvalue weighted by Crippen LogP contribution is -2.60. The molecule has 3 aromatic rings. The van der Waals surface area contributed by atoms with Crippen LogP contribution >= 0.6 is 0 Å². The van der Waals surface area contributed by atoms with Gasteiger partial charge in [0.05, 0.1) is 31.4 Å². The molecule has 0 radical (unpaired) electrons. The van der Waals surface area contributed by atoms with Crippen molar-refractivity contribution >= 4 is 23.2 Å². The van der Waals surface area contributed by atoms with Crippen LogP contribution in [0.25, 0.3) is 11.4 Å². The lowest BCUT2D eigenvalue weighted by atomic mass is 10.0. The quantitative estimate of drug-likeness (QED) is 0.378. The maximum Gasteiger partial charge on any atom is 0.301 e. The highest BCUT2D eigenvalue weighted by Crippen LogP contribution is 2.34. The fourth-order valence-electron chi connectivity index (χ4n) is 6.07. The Balaban J connectivity index is 1.09. The predicted octanol–water partition coefficient (Wildman–Crippen LogP) is 3.06. The van der Waals surface area contributed by atoms with Gasteiger partial charge in [0, 0.05) is 55.6 Å². The van der Waals surface area contributed by atoms with Gasteiger partial charge in [0.2, 0.25) is 5.95 Å². The number of aliphatic hydroxyl groups excluding tert-OH is 1. The number of ether oxygens (including phenoxy) is 2. The third kappa shape index (κ3) is 6.72. The smallest absolute Gasteiger partial charge is 0.301 e. The van der Waals surface area contributed by atoms with Gasteiger partial charge < -0.3 is 29.7 Å². The van der Waals surface area contributed by atoms with E-state index >= 15 is 0 Å². The van der Waals surface area contributed by atoms with E-state index in [1.54, 1.807) is 6.07 Å². The summed E-state index contributed by atoms with van der Waals surface area (Å²) in [6.07, 6.45) is -1.72. The van der Waals surface area contributed by atoms with E-state index in [0.717, 1.165) is 49.1 Å². The first-order valence-electron chi connectivity index (χ1n) is 15.3. The predicted molar refractivity (Wildman–Crippen MR) is 165 cm³/mol. The van der Waals surface area contributed by atoms with Crippen molar-refractivity contribution in [2.45, 2.75) is 50.5 Å². The number of nitrogens with one attached hydrogen (secondary N) is 1. The third-order valence-electron chi connectivity index (χ3n) is 8.66. The summed E-state index contributed by atoms with van der Waals surface area (Å²) >= 11 is 0. The molecule has 0 aliphatic carbocycles. The molecule has 0 bridgehead atoms. The van der Waals surface area contributed by atoms with Crippen molar-refractivity contribution in [2.75, 3.05) is 56.2 Å². The van der Waals surface area contributed by atoms with Crippen molar-refractivity contribution in [1.29, 1.82) is 5.26 Å². The molecular formula is C32H36F2N8O4. The molecule has 1 aromatic heterocycles. The Morgan fingerprint density at radius 1 is 1.17 bits per heavy atom. The first-order chi connectivity index (χ1) is 22.1. The number of halogens is 2. The molecule has 2 N–H and O–H groups in total. The van der Waals surface area contributed by atoms with Crippen LogP contribution in [0.4, 0.5) is 26.1 Å². The summed E-state index contributed by atoms with van der Waals surface area (Å²) in [5.74, 6) is -3.55. The molecule has 1 amide bonds. The average Bonchev–Trinajstić information content (AvgIpc) is 3.02. The van der Waals surface area contributed by atoms with Crippen LogP contribution in [0.2, 0.25) is 0 Å². The molecule has 2 aromatic carbocycles. The number of aliphatic hydroxyl groups is 1. The van der Waals surface area contributed by atoms with Gasteiger partial charge in [0.1, 0.15) is 24.3 Å². The molecule has 46 heavy (non-hydrogen) atoms. The Morgan fingerprint density at radius 3 is 2.61 bits per heavy atom. The molecule has 3 saturated heterocycles. The van der Waals surface area contributed by atoms with Crippen molar-refractivity contribution in [3.63, 3.8) is 0 Å². The second kappa shape index (κ2) is 13.1. The summed E-state index contributed by atoms with van der Waals surface area (Å²) in [5.41, 5.74) is 2.46. The van der Waals surface area contributed by atoms with E-state index in [9.17, 15) is 23.9 Å². The number of anilines is 3. The van der Waals surface area contributed by atoms with Crippen molar-refractivity contribution in [3.8, 4) is 23.2 Å². The van der Waals surface area contributed by atoms with Crippen molar-refractivity contribution in [1.82, 2.24) is 24.8 Å². The number of carbonyl (C=O) groups is 1. The van der Waals surface area contributed by atoms with Crippen molar-refractivity contribution in [3.05, 3.63) is 54.4 Å². The highest BCUT2D eigenvalue weighted by atomic mass is 19.3. The topological polar surface area (TPSA) is 140 Å². The Labute approximate surface area is 265 Å². The molecule has 0 spiro atoms. The van der Waals surface area contributed by atoms with Gasteiger partial charge in [-0.15, -0.1) is 0 Å². The zero-order valence-corrected chi connectivity index (χ0v) is 25.6. The number of hydrogen-bond donors (Lipinski definition) is 2. The minimum absolute atomic E-state index is 0.0000902. The summed E-state index contributed by atoms with van der Waals surface area (Å²) in [4.78, 5) is 30.8. The first-order valence-corrected chi connectivity index (χ1v) is 15.3. The van der Waals surface area contributed by atoms with Crippen LogP contribution in [0, 0.1) is 11.3 Å². The van der Waals surface area contributed by atoms with E-state index < -0.39 is 30.6 Å². The Morgan fingerprint density at radius 2 is 1.96 bits per heavy atom.